The van der Waals surface area contributed by atoms with Crippen molar-refractivity contribution in [1.29, 1.82) is 0 Å². The molecule has 3 rings (SSSR count). The van der Waals surface area contributed by atoms with Gasteiger partial charge in [0.25, 0.3) is 5.91 Å². The molecular weight excluding hydrogens is 363 g/mol. The molecule has 1 aliphatic heterocycles. The maximum atomic E-state index is 12.1. The number of anilines is 2. The monoisotopic (exact) mass is 370 g/mol. The Hall–Kier alpha value is -1.23. The fraction of sp³-hybridized carbons (Fsp3) is 0.0714. The second-order valence-electron chi connectivity index (χ2n) is 4.39. The van der Waals surface area contributed by atoms with Crippen molar-refractivity contribution in [3.8, 4) is 0 Å². The van der Waals surface area contributed by atoms with E-state index in [4.69, 9.17) is 23.2 Å². The minimum Gasteiger partial charge on any atom is -0.369 e. The number of rotatable bonds is 2. The number of amides is 1. The van der Waals surface area contributed by atoms with Crippen molar-refractivity contribution < 1.29 is 4.79 Å². The van der Waals surface area contributed by atoms with E-state index >= 15 is 0 Å². The number of hydrogen-bond acceptors (Lipinski definition) is 2. The van der Waals surface area contributed by atoms with E-state index < -0.39 is 6.04 Å². The van der Waals surface area contributed by atoms with Crippen LogP contribution in [0.15, 0.2) is 40.9 Å². The molecule has 1 heterocycles. The number of benzene rings is 2. The van der Waals surface area contributed by atoms with Crippen LogP contribution < -0.4 is 10.6 Å². The zero-order chi connectivity index (χ0) is 14.3. The van der Waals surface area contributed by atoms with Gasteiger partial charge in [-0.1, -0.05) is 45.2 Å². The quantitative estimate of drug-likeness (QED) is 0.791. The Morgan fingerprint density at radius 2 is 2.00 bits per heavy atom. The van der Waals surface area contributed by atoms with E-state index in [1.807, 2.05) is 18.2 Å². The second-order valence-corrected chi connectivity index (χ2v) is 6.09. The third-order valence-electron chi connectivity index (χ3n) is 3.09. The average Bonchev–Trinajstić information content (AvgIpc) is 2.72. The van der Waals surface area contributed by atoms with Crippen LogP contribution in [-0.4, -0.2) is 5.91 Å². The number of nitrogens with one attached hydrogen (secondary N) is 2. The molecule has 0 aromatic heterocycles. The normalized spacial score (nSPS) is 16.8. The molecule has 0 aliphatic carbocycles. The van der Waals surface area contributed by atoms with Gasteiger partial charge in [0, 0.05) is 20.7 Å². The van der Waals surface area contributed by atoms with Gasteiger partial charge < -0.3 is 10.6 Å². The average molecular weight is 372 g/mol. The van der Waals surface area contributed by atoms with E-state index in [1.54, 1.807) is 18.2 Å². The van der Waals surface area contributed by atoms with Crippen LogP contribution in [0.5, 0.6) is 0 Å². The van der Waals surface area contributed by atoms with Gasteiger partial charge >= 0.3 is 0 Å². The minimum absolute atomic E-state index is 0.122. The lowest BCUT2D eigenvalue weighted by Gasteiger charge is -2.15. The van der Waals surface area contributed by atoms with E-state index in [0.717, 1.165) is 15.7 Å². The summed E-state index contributed by atoms with van der Waals surface area (Å²) in [6.07, 6.45) is 0. The Morgan fingerprint density at radius 3 is 2.80 bits per heavy atom. The fourth-order valence-corrected chi connectivity index (χ4v) is 3.12. The highest BCUT2D eigenvalue weighted by Crippen LogP contribution is 2.39. The summed E-state index contributed by atoms with van der Waals surface area (Å²) in [6, 6.07) is 10.2. The van der Waals surface area contributed by atoms with Crippen molar-refractivity contribution in [2.24, 2.45) is 0 Å². The summed E-state index contributed by atoms with van der Waals surface area (Å²) < 4.78 is 0.865. The summed E-state index contributed by atoms with van der Waals surface area (Å²) in [6.45, 7) is 0. The highest BCUT2D eigenvalue weighted by atomic mass is 79.9. The number of hydrogen-bond donors (Lipinski definition) is 2. The van der Waals surface area contributed by atoms with Crippen LogP contribution >= 0.6 is 39.1 Å². The highest BCUT2D eigenvalue weighted by molar-refractivity contribution is 9.10. The van der Waals surface area contributed by atoms with Gasteiger partial charge in [0.1, 0.15) is 6.04 Å². The molecule has 1 atom stereocenters. The van der Waals surface area contributed by atoms with Crippen LogP contribution in [0.1, 0.15) is 11.6 Å². The number of fused-ring (bicyclic) bond motifs is 1. The summed E-state index contributed by atoms with van der Waals surface area (Å²) in [5.41, 5.74) is 2.29. The van der Waals surface area contributed by atoms with Crippen LogP contribution in [0, 0.1) is 0 Å². The zero-order valence-electron chi connectivity index (χ0n) is 10.1. The Kier molecular flexibility index (Phi) is 3.63. The first-order valence-corrected chi connectivity index (χ1v) is 7.42. The van der Waals surface area contributed by atoms with Gasteiger partial charge in [-0.2, -0.15) is 0 Å². The van der Waals surface area contributed by atoms with E-state index in [0.29, 0.717) is 15.7 Å². The van der Waals surface area contributed by atoms with Gasteiger partial charge in [-0.05, 0) is 30.3 Å². The van der Waals surface area contributed by atoms with Crippen LogP contribution in [0.3, 0.4) is 0 Å². The fourth-order valence-electron chi connectivity index (χ4n) is 2.18. The SMILES string of the molecule is O=C1Nc2cccc(Br)c2C1Nc1cc(Cl)ccc1Cl. The summed E-state index contributed by atoms with van der Waals surface area (Å²) in [7, 11) is 0. The first-order valence-electron chi connectivity index (χ1n) is 5.87. The van der Waals surface area contributed by atoms with Crippen molar-refractivity contribution in [3.05, 3.63) is 56.5 Å². The molecule has 1 aliphatic rings. The lowest BCUT2D eigenvalue weighted by atomic mass is 10.1. The lowest BCUT2D eigenvalue weighted by molar-refractivity contribution is -0.116. The highest BCUT2D eigenvalue weighted by Gasteiger charge is 2.32. The maximum Gasteiger partial charge on any atom is 0.251 e. The van der Waals surface area contributed by atoms with Gasteiger partial charge in [0.2, 0.25) is 0 Å². The van der Waals surface area contributed by atoms with Crippen LogP contribution in [-0.2, 0) is 4.79 Å². The predicted molar refractivity (Wildman–Crippen MR) is 85.6 cm³/mol. The zero-order valence-corrected chi connectivity index (χ0v) is 13.2. The van der Waals surface area contributed by atoms with Crippen molar-refractivity contribution >= 4 is 56.4 Å². The molecule has 3 nitrogen and oxygen atoms in total. The molecule has 6 heteroatoms. The molecule has 1 unspecified atom stereocenters. The number of carbonyl (C=O) groups is 1. The molecule has 0 fully saturated rings. The smallest absolute Gasteiger partial charge is 0.251 e. The molecule has 0 saturated heterocycles. The third kappa shape index (κ3) is 2.39. The topological polar surface area (TPSA) is 41.1 Å². The van der Waals surface area contributed by atoms with Gasteiger partial charge in [-0.15, -0.1) is 0 Å². The predicted octanol–water partition coefficient (Wildman–Crippen LogP) is 4.86. The molecule has 0 radical (unpaired) electrons. The first kappa shape index (κ1) is 13.7. The van der Waals surface area contributed by atoms with E-state index in [2.05, 4.69) is 26.6 Å². The number of carbonyl (C=O) groups excluding carboxylic acids is 1. The van der Waals surface area contributed by atoms with Gasteiger partial charge in [-0.3, -0.25) is 4.79 Å². The molecular formula is C14H9BrCl2N2O. The molecule has 2 aromatic carbocycles. The third-order valence-corrected chi connectivity index (χ3v) is 4.35. The summed E-state index contributed by atoms with van der Waals surface area (Å²) in [5.74, 6) is -0.122. The lowest BCUT2D eigenvalue weighted by Crippen LogP contribution is -2.20. The van der Waals surface area contributed by atoms with Gasteiger partial charge in [-0.25, -0.2) is 0 Å². The summed E-state index contributed by atoms with van der Waals surface area (Å²) in [5, 5.41) is 7.05. The number of halogens is 3. The van der Waals surface area contributed by atoms with Crippen LogP contribution in [0.4, 0.5) is 11.4 Å². The Bertz CT molecular complexity index is 706. The maximum absolute atomic E-state index is 12.1. The Balaban J connectivity index is 2.00. The molecule has 102 valence electrons. The molecule has 2 N–H and O–H groups in total. The van der Waals surface area contributed by atoms with Gasteiger partial charge in [0.15, 0.2) is 0 Å². The summed E-state index contributed by atoms with van der Waals surface area (Å²) in [4.78, 5) is 12.1. The standard InChI is InChI=1S/C14H9BrCl2N2O/c15-8-2-1-3-10-12(8)13(14(20)19-10)18-11-6-7(16)4-5-9(11)17/h1-6,13,18H,(H,19,20). The van der Waals surface area contributed by atoms with Crippen molar-refractivity contribution in [1.82, 2.24) is 0 Å². The minimum atomic E-state index is -0.503. The van der Waals surface area contributed by atoms with Crippen LogP contribution in [0.2, 0.25) is 10.0 Å². The molecule has 2 aromatic rings. The Morgan fingerprint density at radius 1 is 1.20 bits per heavy atom. The van der Waals surface area contributed by atoms with Crippen molar-refractivity contribution in [2.45, 2.75) is 6.04 Å². The Labute approximate surface area is 134 Å². The second kappa shape index (κ2) is 5.28. The molecule has 0 spiro atoms. The summed E-state index contributed by atoms with van der Waals surface area (Å²) >= 11 is 15.6. The molecule has 20 heavy (non-hydrogen) atoms. The first-order chi connectivity index (χ1) is 9.56. The van der Waals surface area contributed by atoms with Crippen LogP contribution in [0.25, 0.3) is 0 Å². The largest absolute Gasteiger partial charge is 0.369 e. The van der Waals surface area contributed by atoms with Crippen molar-refractivity contribution in [3.63, 3.8) is 0 Å². The van der Waals surface area contributed by atoms with Crippen molar-refractivity contribution in [2.75, 3.05) is 10.6 Å². The van der Waals surface area contributed by atoms with Gasteiger partial charge in [0.05, 0.1) is 10.7 Å². The van der Waals surface area contributed by atoms with E-state index in [-0.39, 0.29) is 5.91 Å². The molecule has 1 amide bonds. The molecule has 0 saturated carbocycles. The van der Waals surface area contributed by atoms with E-state index in [1.165, 1.54) is 0 Å². The molecule has 0 bridgehead atoms. The van der Waals surface area contributed by atoms with E-state index in [9.17, 15) is 4.79 Å².